The number of benzene rings is 4. The van der Waals surface area contributed by atoms with E-state index in [1.165, 1.54) is 29.2 Å². The zero-order chi connectivity index (χ0) is 32.4. The average Bonchev–Trinajstić information content (AvgIpc) is 3.03. The summed E-state index contributed by atoms with van der Waals surface area (Å²) in [7, 11) is -4.20. The van der Waals surface area contributed by atoms with Crippen LogP contribution in [0, 0.1) is 13.8 Å². The number of hydrogen-bond acceptors (Lipinski definition) is 4. The molecule has 0 aliphatic rings. The molecule has 7 nitrogen and oxygen atoms in total. The van der Waals surface area contributed by atoms with Gasteiger partial charge in [0.2, 0.25) is 11.8 Å². The number of carbonyl (C=O) groups excluding carboxylic acids is 2. The number of anilines is 1. The van der Waals surface area contributed by atoms with Crippen molar-refractivity contribution in [1.82, 2.24) is 10.2 Å². The third-order valence-electron chi connectivity index (χ3n) is 7.64. The van der Waals surface area contributed by atoms with Gasteiger partial charge in [-0.2, -0.15) is 0 Å². The second-order valence-corrected chi connectivity index (χ2v) is 13.4. The first-order chi connectivity index (χ1) is 21.6. The number of nitrogens with one attached hydrogen (secondary N) is 1. The van der Waals surface area contributed by atoms with Crippen LogP contribution in [0.3, 0.4) is 0 Å². The molecule has 236 valence electrons. The highest BCUT2D eigenvalue weighted by Crippen LogP contribution is 2.28. The van der Waals surface area contributed by atoms with Crippen LogP contribution in [0.4, 0.5) is 5.69 Å². The maximum absolute atomic E-state index is 14.5. The van der Waals surface area contributed by atoms with Crippen LogP contribution in [-0.4, -0.2) is 44.3 Å². The van der Waals surface area contributed by atoms with Crippen LogP contribution in [0.2, 0.25) is 5.02 Å². The predicted molar refractivity (Wildman–Crippen MR) is 181 cm³/mol. The normalized spacial score (nSPS) is 11.9. The van der Waals surface area contributed by atoms with E-state index in [4.69, 9.17) is 11.6 Å². The number of aryl methyl sites for hydroxylation is 2. The summed E-state index contributed by atoms with van der Waals surface area (Å²) in [6.45, 7) is 5.92. The number of amides is 2. The van der Waals surface area contributed by atoms with Gasteiger partial charge in [-0.3, -0.25) is 13.9 Å². The monoisotopic (exact) mass is 645 g/mol. The summed E-state index contributed by atoms with van der Waals surface area (Å²) in [5.74, 6) is -0.779. The van der Waals surface area contributed by atoms with Crippen LogP contribution in [0.15, 0.2) is 108 Å². The van der Waals surface area contributed by atoms with E-state index in [-0.39, 0.29) is 23.8 Å². The molecule has 1 atom stereocenters. The molecular weight excluding hydrogens is 606 g/mol. The Morgan fingerprint density at radius 2 is 1.47 bits per heavy atom. The molecule has 2 amide bonds. The van der Waals surface area contributed by atoms with Crippen LogP contribution < -0.4 is 9.62 Å². The van der Waals surface area contributed by atoms with Gasteiger partial charge in [-0.15, -0.1) is 0 Å². The largest absolute Gasteiger partial charge is 0.354 e. The lowest BCUT2D eigenvalue weighted by Crippen LogP contribution is -2.53. The number of carbonyl (C=O) groups is 2. The molecule has 0 aliphatic carbocycles. The number of hydrogen-bond donors (Lipinski definition) is 1. The van der Waals surface area contributed by atoms with Gasteiger partial charge < -0.3 is 10.2 Å². The number of unbranched alkanes of at least 4 members (excludes halogenated alkanes) is 1. The van der Waals surface area contributed by atoms with Gasteiger partial charge in [-0.05, 0) is 67.3 Å². The van der Waals surface area contributed by atoms with Crippen LogP contribution in [0.1, 0.15) is 42.0 Å². The number of nitrogens with zero attached hydrogens (tertiary/aromatic N) is 2. The zero-order valence-corrected chi connectivity index (χ0v) is 27.5. The molecule has 0 spiro atoms. The fourth-order valence-electron chi connectivity index (χ4n) is 5.04. The Kier molecular flexibility index (Phi) is 11.8. The maximum Gasteiger partial charge on any atom is 0.264 e. The topological polar surface area (TPSA) is 86.8 Å². The first-order valence-corrected chi connectivity index (χ1v) is 16.9. The van der Waals surface area contributed by atoms with Crippen molar-refractivity contribution in [3.8, 4) is 0 Å². The van der Waals surface area contributed by atoms with Crippen molar-refractivity contribution in [3.05, 3.63) is 130 Å². The van der Waals surface area contributed by atoms with Gasteiger partial charge in [0.1, 0.15) is 12.6 Å². The van der Waals surface area contributed by atoms with Gasteiger partial charge in [-0.25, -0.2) is 8.42 Å². The Balaban J connectivity index is 1.79. The third kappa shape index (κ3) is 8.96. The second kappa shape index (κ2) is 15.7. The van der Waals surface area contributed by atoms with E-state index in [0.717, 1.165) is 33.8 Å². The first kappa shape index (κ1) is 33.7. The average molecular weight is 646 g/mol. The van der Waals surface area contributed by atoms with Crippen molar-refractivity contribution in [2.24, 2.45) is 0 Å². The molecule has 0 aliphatic heterocycles. The van der Waals surface area contributed by atoms with Crippen molar-refractivity contribution >= 4 is 39.1 Å². The predicted octanol–water partition coefficient (Wildman–Crippen LogP) is 6.71. The molecule has 0 saturated carbocycles. The molecule has 0 aromatic heterocycles. The third-order valence-corrected chi connectivity index (χ3v) is 9.66. The van der Waals surface area contributed by atoms with Gasteiger partial charge in [-0.1, -0.05) is 103 Å². The standard InChI is InChI=1S/C36H40ClN3O4S/c1-4-5-23-38-36(42)34(24-29-12-7-6-8-13-29)39(25-30-17-15-27(2)16-18-30)35(41)26-40(33-14-10-9-11-28(33)3)45(43,44)32-21-19-31(37)20-22-32/h6-22,34H,4-5,23-26H2,1-3H3,(H,38,42)/t34-/m0/s1. The Bertz CT molecular complexity index is 1680. The number of para-hydroxylation sites is 1. The van der Waals surface area contributed by atoms with E-state index in [1.807, 2.05) is 74.5 Å². The Morgan fingerprint density at radius 1 is 0.822 bits per heavy atom. The molecule has 0 saturated heterocycles. The van der Waals surface area contributed by atoms with Crippen molar-refractivity contribution < 1.29 is 18.0 Å². The van der Waals surface area contributed by atoms with Crippen molar-refractivity contribution in [2.75, 3.05) is 17.4 Å². The van der Waals surface area contributed by atoms with Crippen molar-refractivity contribution in [1.29, 1.82) is 0 Å². The molecule has 4 aromatic carbocycles. The fourth-order valence-corrected chi connectivity index (χ4v) is 6.65. The van der Waals surface area contributed by atoms with Gasteiger partial charge in [0.25, 0.3) is 10.0 Å². The van der Waals surface area contributed by atoms with Crippen LogP contribution in [0.5, 0.6) is 0 Å². The van der Waals surface area contributed by atoms with E-state index in [2.05, 4.69) is 5.32 Å². The molecule has 1 N–H and O–H groups in total. The maximum atomic E-state index is 14.5. The summed E-state index contributed by atoms with van der Waals surface area (Å²) in [6.07, 6.45) is 1.98. The van der Waals surface area contributed by atoms with E-state index in [9.17, 15) is 18.0 Å². The summed E-state index contributed by atoms with van der Waals surface area (Å²) >= 11 is 6.07. The molecule has 0 fully saturated rings. The smallest absolute Gasteiger partial charge is 0.264 e. The summed E-state index contributed by atoms with van der Waals surface area (Å²) in [5, 5.41) is 3.41. The van der Waals surface area contributed by atoms with Gasteiger partial charge >= 0.3 is 0 Å². The van der Waals surface area contributed by atoms with E-state index >= 15 is 0 Å². The quantitative estimate of drug-likeness (QED) is 0.155. The highest BCUT2D eigenvalue weighted by Gasteiger charge is 2.35. The van der Waals surface area contributed by atoms with Crippen LogP contribution in [-0.2, 0) is 32.6 Å². The first-order valence-electron chi connectivity index (χ1n) is 15.1. The second-order valence-electron chi connectivity index (χ2n) is 11.1. The van der Waals surface area contributed by atoms with E-state index in [0.29, 0.717) is 22.8 Å². The van der Waals surface area contributed by atoms with E-state index in [1.54, 1.807) is 25.1 Å². The highest BCUT2D eigenvalue weighted by atomic mass is 35.5. The lowest BCUT2D eigenvalue weighted by atomic mass is 10.0. The minimum absolute atomic E-state index is 0.00572. The zero-order valence-electron chi connectivity index (χ0n) is 25.9. The molecule has 0 bridgehead atoms. The molecule has 4 rings (SSSR count). The number of rotatable bonds is 14. The molecule has 4 aromatic rings. The Labute approximate surface area is 271 Å². The number of halogens is 1. The molecule has 0 heterocycles. The molecule has 0 unspecified atom stereocenters. The van der Waals surface area contributed by atoms with Gasteiger partial charge in [0, 0.05) is 24.5 Å². The van der Waals surface area contributed by atoms with Crippen molar-refractivity contribution in [3.63, 3.8) is 0 Å². The van der Waals surface area contributed by atoms with Gasteiger partial charge in [0.05, 0.1) is 10.6 Å². The van der Waals surface area contributed by atoms with Crippen LogP contribution >= 0.6 is 11.6 Å². The Hall–Kier alpha value is -4.14. The summed E-state index contributed by atoms with van der Waals surface area (Å²) in [6, 6.07) is 29.3. The summed E-state index contributed by atoms with van der Waals surface area (Å²) < 4.78 is 29.4. The molecule has 45 heavy (non-hydrogen) atoms. The minimum atomic E-state index is -4.20. The van der Waals surface area contributed by atoms with Gasteiger partial charge in [0.15, 0.2) is 0 Å². The highest BCUT2D eigenvalue weighted by molar-refractivity contribution is 7.92. The molecule has 9 heteroatoms. The lowest BCUT2D eigenvalue weighted by molar-refractivity contribution is -0.140. The number of sulfonamides is 1. The molecule has 0 radical (unpaired) electrons. The summed E-state index contributed by atoms with van der Waals surface area (Å²) in [5.41, 5.74) is 3.85. The molecular formula is C36H40ClN3O4S. The van der Waals surface area contributed by atoms with Crippen molar-refractivity contribution in [2.45, 2.75) is 57.5 Å². The van der Waals surface area contributed by atoms with Crippen LogP contribution in [0.25, 0.3) is 0 Å². The fraction of sp³-hybridized carbons (Fsp3) is 0.278. The SMILES string of the molecule is CCCCNC(=O)[C@H](Cc1ccccc1)N(Cc1ccc(C)cc1)C(=O)CN(c1ccccc1C)S(=O)(=O)c1ccc(Cl)cc1. The minimum Gasteiger partial charge on any atom is -0.354 e. The lowest BCUT2D eigenvalue weighted by Gasteiger charge is -2.34. The Morgan fingerprint density at radius 3 is 2.11 bits per heavy atom. The summed E-state index contributed by atoms with van der Waals surface area (Å²) in [4.78, 5) is 29.9. The van der Waals surface area contributed by atoms with E-state index < -0.39 is 28.5 Å².